The maximum Gasteiger partial charge on any atom is 0.340 e. The Morgan fingerprint density at radius 3 is 1.72 bits per heavy atom. The summed E-state index contributed by atoms with van der Waals surface area (Å²) in [5.74, 6) is -6.42. The van der Waals surface area contributed by atoms with Crippen LogP contribution in [0.4, 0.5) is 24.8 Å². The summed E-state index contributed by atoms with van der Waals surface area (Å²) < 4.78 is 97.5. The first-order valence-corrected chi connectivity index (χ1v) is 22.5. The van der Waals surface area contributed by atoms with E-state index in [1.54, 1.807) is 37.3 Å². The second-order valence-corrected chi connectivity index (χ2v) is 17.9. The van der Waals surface area contributed by atoms with E-state index < -0.39 is 91.9 Å². The number of nitriles is 2. The highest BCUT2D eigenvalue weighted by molar-refractivity contribution is 7.89. The van der Waals surface area contributed by atoms with E-state index >= 15 is 0 Å². The van der Waals surface area contributed by atoms with Crippen molar-refractivity contribution in [3.8, 4) is 12.1 Å². The molecule has 0 unspecified atom stereocenters. The fourth-order valence-electron chi connectivity index (χ4n) is 6.30. The van der Waals surface area contributed by atoms with Gasteiger partial charge in [-0.2, -0.15) is 10.5 Å². The summed E-state index contributed by atoms with van der Waals surface area (Å²) in [7, 11) is -7.99. The predicted molar refractivity (Wildman–Crippen MR) is 221 cm³/mol. The van der Waals surface area contributed by atoms with Crippen LogP contribution in [0.5, 0.6) is 0 Å². The number of aromatic nitrogens is 2. The third-order valence-corrected chi connectivity index (χ3v) is 12.4. The van der Waals surface area contributed by atoms with Crippen molar-refractivity contribution in [1.82, 2.24) is 19.4 Å². The van der Waals surface area contributed by atoms with E-state index in [0.717, 1.165) is 18.2 Å². The zero-order chi connectivity index (χ0) is 46.9. The molecule has 0 atom stereocenters. The fraction of sp³-hybridized carbons (Fsp3) is 0.300. The summed E-state index contributed by atoms with van der Waals surface area (Å²) in [6.45, 7) is -0.365. The Kier molecular flexibility index (Phi) is 15.5. The zero-order valence-electron chi connectivity index (χ0n) is 33.4. The van der Waals surface area contributed by atoms with Crippen molar-refractivity contribution >= 4 is 67.0 Å². The van der Waals surface area contributed by atoms with E-state index in [9.17, 15) is 59.7 Å². The molecule has 2 aliphatic rings. The van der Waals surface area contributed by atoms with Gasteiger partial charge in [-0.3, -0.25) is 19.0 Å². The molecule has 0 saturated carbocycles. The van der Waals surface area contributed by atoms with Gasteiger partial charge in [0, 0.05) is 31.2 Å². The summed E-state index contributed by atoms with van der Waals surface area (Å²) in [5.41, 5.74) is -0.522. The number of ether oxygens (including phenoxy) is 1. The SMILES string of the molecule is CCOC(=O)c1cc(C#N)c(N2CC(C(=O)NS(=O)(=O)Cc3ccccc3Cl)C2)nc1CF.N#Cc1cc(C(=O)O)c(CF)nc1N1CC(C(=O)NS(=O)(=O)Cc2ccc(F)cc2)C1. The van der Waals surface area contributed by atoms with Gasteiger partial charge in [0.05, 0.1) is 63.6 Å². The maximum absolute atomic E-state index is 13.5. The summed E-state index contributed by atoms with van der Waals surface area (Å²) in [4.78, 5) is 58.9. The number of benzene rings is 2. The van der Waals surface area contributed by atoms with Gasteiger partial charge in [0.25, 0.3) is 0 Å². The average molecular weight is 945 g/mol. The highest BCUT2D eigenvalue weighted by Crippen LogP contribution is 2.30. The number of anilines is 2. The van der Waals surface area contributed by atoms with Crippen LogP contribution in [0.1, 0.15) is 61.3 Å². The van der Waals surface area contributed by atoms with Crippen LogP contribution in [0.2, 0.25) is 5.02 Å². The minimum Gasteiger partial charge on any atom is -0.478 e. The van der Waals surface area contributed by atoms with E-state index in [0.29, 0.717) is 11.1 Å². The number of sulfonamides is 2. The number of nitrogens with one attached hydrogen (secondary N) is 2. The monoisotopic (exact) mass is 944 g/mol. The minimum atomic E-state index is -4.01. The van der Waals surface area contributed by atoms with Gasteiger partial charge in [-0.25, -0.2) is 49.6 Å². The quantitative estimate of drug-likeness (QED) is 0.143. The van der Waals surface area contributed by atoms with Gasteiger partial charge in [-0.15, -0.1) is 0 Å². The van der Waals surface area contributed by atoms with Crippen molar-refractivity contribution in [3.63, 3.8) is 0 Å². The van der Waals surface area contributed by atoms with Crippen molar-refractivity contribution in [2.24, 2.45) is 11.8 Å². The summed E-state index contributed by atoms with van der Waals surface area (Å²) in [6.07, 6.45) is 0. The molecule has 2 fully saturated rings. The van der Waals surface area contributed by atoms with Gasteiger partial charge in [-0.05, 0) is 48.4 Å². The third kappa shape index (κ3) is 11.8. The smallest absolute Gasteiger partial charge is 0.340 e. The molecule has 2 amide bonds. The topological polar surface area (TPSA) is 270 Å². The van der Waals surface area contributed by atoms with Crippen molar-refractivity contribution in [3.05, 3.63) is 116 Å². The Bertz CT molecular complexity index is 2780. The predicted octanol–water partition coefficient (Wildman–Crippen LogP) is 3.68. The lowest BCUT2D eigenvalue weighted by molar-refractivity contribution is -0.124. The molecular formula is C40H36ClF3N8O10S2. The number of pyridine rings is 2. The highest BCUT2D eigenvalue weighted by atomic mass is 35.5. The summed E-state index contributed by atoms with van der Waals surface area (Å²) >= 11 is 5.98. The summed E-state index contributed by atoms with van der Waals surface area (Å²) in [6, 6.07) is 17.1. The molecule has 0 radical (unpaired) electrons. The molecular weight excluding hydrogens is 909 g/mol. The molecule has 336 valence electrons. The molecule has 64 heavy (non-hydrogen) atoms. The Morgan fingerprint density at radius 1 is 0.797 bits per heavy atom. The fourth-order valence-corrected chi connectivity index (χ4v) is 8.97. The van der Waals surface area contributed by atoms with Crippen LogP contribution in [0.15, 0.2) is 60.7 Å². The van der Waals surface area contributed by atoms with Gasteiger partial charge in [-0.1, -0.05) is 41.9 Å². The van der Waals surface area contributed by atoms with Crippen molar-refractivity contribution < 1.29 is 59.0 Å². The van der Waals surface area contributed by atoms with Crippen molar-refractivity contribution in [2.75, 3.05) is 42.6 Å². The number of hydrogen-bond acceptors (Lipinski definition) is 15. The number of hydrogen-bond donors (Lipinski definition) is 3. The lowest BCUT2D eigenvalue weighted by Gasteiger charge is -2.39. The Hall–Kier alpha value is -6.82. The molecule has 2 aliphatic heterocycles. The molecule has 4 aromatic rings. The van der Waals surface area contributed by atoms with Gasteiger partial charge in [0.15, 0.2) is 0 Å². The van der Waals surface area contributed by atoms with Gasteiger partial charge >= 0.3 is 11.9 Å². The van der Waals surface area contributed by atoms with Crippen LogP contribution in [0.25, 0.3) is 0 Å². The van der Waals surface area contributed by atoms with Gasteiger partial charge in [0.1, 0.15) is 42.9 Å². The van der Waals surface area contributed by atoms with Crippen LogP contribution in [-0.2, 0) is 59.2 Å². The molecule has 2 aromatic carbocycles. The Balaban J connectivity index is 0.000000241. The van der Waals surface area contributed by atoms with E-state index in [4.69, 9.17) is 21.4 Å². The molecule has 2 saturated heterocycles. The Labute approximate surface area is 369 Å². The zero-order valence-corrected chi connectivity index (χ0v) is 35.8. The minimum absolute atomic E-state index is 0.0116. The Morgan fingerprint density at radius 2 is 1.27 bits per heavy atom. The number of aromatic carboxylic acids is 1. The highest BCUT2D eigenvalue weighted by Gasteiger charge is 2.38. The largest absolute Gasteiger partial charge is 0.478 e. The molecule has 6 rings (SSSR count). The van der Waals surface area contributed by atoms with E-state index in [-0.39, 0.29) is 77.5 Å². The van der Waals surface area contributed by atoms with Crippen LogP contribution in [0.3, 0.4) is 0 Å². The molecule has 2 aromatic heterocycles. The third-order valence-electron chi connectivity index (χ3n) is 9.57. The van der Waals surface area contributed by atoms with Crippen LogP contribution in [-0.4, -0.2) is 88.4 Å². The number of esters is 1. The van der Waals surface area contributed by atoms with Gasteiger partial charge < -0.3 is 19.6 Å². The second kappa shape index (κ2) is 20.6. The van der Waals surface area contributed by atoms with Crippen LogP contribution >= 0.6 is 11.6 Å². The second-order valence-electron chi connectivity index (χ2n) is 14.1. The van der Waals surface area contributed by atoms with E-state index in [1.807, 2.05) is 15.5 Å². The van der Waals surface area contributed by atoms with E-state index in [2.05, 4.69) is 9.97 Å². The molecule has 24 heteroatoms. The molecule has 4 heterocycles. The van der Waals surface area contributed by atoms with Crippen molar-refractivity contribution in [2.45, 2.75) is 31.8 Å². The number of amides is 2. The number of carbonyl (C=O) groups excluding carboxylic acids is 3. The number of carboxylic acid groups (broad SMARTS) is 1. The normalized spacial score (nSPS) is 13.8. The first kappa shape index (κ1) is 48.2. The van der Waals surface area contributed by atoms with Crippen molar-refractivity contribution in [1.29, 1.82) is 10.5 Å². The van der Waals surface area contributed by atoms with Crippen LogP contribution in [0, 0.1) is 40.3 Å². The number of halogens is 4. The molecule has 0 aliphatic carbocycles. The standard InChI is InChI=1S/C21H20ClFN4O5S.C19H16F2N4O5S/c1-2-32-21(29)16-7-14(9-24)19(25-18(16)8-23)27-10-15(11-27)20(28)26-33(30,31)12-13-5-3-4-6-17(13)22;20-6-16-15(19(27)28)5-12(7-22)17(23-16)25-8-13(9-25)18(26)24-31(29,30)10-11-1-3-14(21)4-2-11/h3-7,15H,2,8,10-12H2,1H3,(H,26,28);1-5,13H,6,8-10H2,(H,24,26)(H,27,28). The maximum atomic E-state index is 13.5. The van der Waals surface area contributed by atoms with Gasteiger partial charge in [0.2, 0.25) is 31.9 Å². The van der Waals surface area contributed by atoms with E-state index in [1.165, 1.54) is 28.0 Å². The number of nitrogens with zero attached hydrogens (tertiary/aromatic N) is 6. The lowest BCUT2D eigenvalue weighted by Crippen LogP contribution is -2.55. The molecule has 3 N–H and O–H groups in total. The lowest BCUT2D eigenvalue weighted by atomic mass is 9.98. The molecule has 18 nitrogen and oxygen atoms in total. The number of carbonyl (C=O) groups is 4. The first-order valence-electron chi connectivity index (χ1n) is 18.8. The molecule has 0 bridgehead atoms. The number of carboxylic acids is 1. The summed E-state index contributed by atoms with van der Waals surface area (Å²) in [5, 5.41) is 28.1. The average Bonchev–Trinajstić information content (AvgIpc) is 3.20. The first-order chi connectivity index (χ1) is 30.3. The number of rotatable bonds is 15. The number of alkyl halides is 2. The van der Waals surface area contributed by atoms with Crippen LogP contribution < -0.4 is 19.2 Å². The molecule has 0 spiro atoms.